The van der Waals surface area contributed by atoms with Crippen molar-refractivity contribution >= 4 is 0 Å². The number of nitrogens with one attached hydrogen (secondary N) is 1. The molecule has 2 nitrogen and oxygen atoms in total. The van der Waals surface area contributed by atoms with Gasteiger partial charge in [0.15, 0.2) is 0 Å². The molecule has 0 amide bonds. The molecule has 1 N–H and O–H groups in total. The predicted octanol–water partition coefficient (Wildman–Crippen LogP) is 4.53. The van der Waals surface area contributed by atoms with E-state index >= 15 is 0 Å². The minimum atomic E-state index is -0.656. The highest BCUT2D eigenvalue weighted by Gasteiger charge is 2.10. The van der Waals surface area contributed by atoms with Gasteiger partial charge in [0.2, 0.25) is 0 Å². The highest BCUT2D eigenvalue weighted by Crippen LogP contribution is 2.15. The molecule has 0 unspecified atom stereocenters. The minimum absolute atomic E-state index is 0.00816. The molecule has 0 radical (unpaired) electrons. The van der Waals surface area contributed by atoms with Crippen LogP contribution >= 0.6 is 0 Å². The Morgan fingerprint density at radius 1 is 1.10 bits per heavy atom. The summed E-state index contributed by atoms with van der Waals surface area (Å²) in [5.74, 6) is -0.558. The number of hydrogen-bond donors (Lipinski definition) is 1. The van der Waals surface area contributed by atoms with Crippen molar-refractivity contribution in [3.63, 3.8) is 0 Å². The first-order valence-corrected chi connectivity index (χ1v) is 7.63. The summed E-state index contributed by atoms with van der Waals surface area (Å²) in [6.45, 7) is 5.36. The van der Waals surface area contributed by atoms with E-state index in [2.05, 4.69) is 19.2 Å². The van der Waals surface area contributed by atoms with Gasteiger partial charge in [-0.3, -0.25) is 0 Å². The fourth-order valence-corrected chi connectivity index (χ4v) is 2.21. The minimum Gasteiger partial charge on any atom is -0.312 e. The van der Waals surface area contributed by atoms with Crippen molar-refractivity contribution in [2.45, 2.75) is 52.5 Å². The first-order chi connectivity index (χ1) is 10.0. The van der Waals surface area contributed by atoms with E-state index in [4.69, 9.17) is 5.26 Å². The molecule has 1 aromatic carbocycles. The second-order valence-electron chi connectivity index (χ2n) is 5.80. The predicted molar refractivity (Wildman–Crippen MR) is 80.7 cm³/mol. The van der Waals surface area contributed by atoms with Gasteiger partial charge >= 0.3 is 0 Å². The van der Waals surface area contributed by atoms with Crippen molar-refractivity contribution < 1.29 is 8.78 Å². The summed E-state index contributed by atoms with van der Waals surface area (Å²) in [5, 5.41) is 11.7. The lowest BCUT2D eigenvalue weighted by atomic mass is 10.0. The third-order valence-electron chi connectivity index (χ3n) is 3.46. The summed E-state index contributed by atoms with van der Waals surface area (Å²) in [5.41, 5.74) is 0.0210. The smallest absolute Gasteiger partial charge is 0.131 e. The van der Waals surface area contributed by atoms with Crippen molar-refractivity contribution in [3.05, 3.63) is 34.9 Å². The van der Waals surface area contributed by atoms with E-state index in [1.807, 2.05) is 0 Å². The molecule has 0 spiro atoms. The maximum absolute atomic E-state index is 13.6. The Morgan fingerprint density at radius 3 is 2.29 bits per heavy atom. The Hall–Kier alpha value is -1.47. The third kappa shape index (κ3) is 6.68. The van der Waals surface area contributed by atoms with Gasteiger partial charge in [-0.25, -0.2) is 8.78 Å². The van der Waals surface area contributed by atoms with Crippen LogP contribution < -0.4 is 5.32 Å². The van der Waals surface area contributed by atoms with Crippen LogP contribution in [0.5, 0.6) is 0 Å². The summed E-state index contributed by atoms with van der Waals surface area (Å²) in [6, 6.07) is 3.89. The quantitative estimate of drug-likeness (QED) is 0.679. The number of halogens is 2. The van der Waals surface area contributed by atoms with E-state index in [-0.39, 0.29) is 17.7 Å². The normalized spacial score (nSPS) is 10.9. The molecule has 0 aromatic heterocycles. The molecule has 0 heterocycles. The zero-order chi connectivity index (χ0) is 15.7. The molecule has 21 heavy (non-hydrogen) atoms. The lowest BCUT2D eigenvalue weighted by Gasteiger charge is -2.08. The molecule has 0 aliphatic rings. The summed E-state index contributed by atoms with van der Waals surface area (Å²) in [6.07, 6.45) is 5.86. The Kier molecular flexibility index (Phi) is 7.92. The number of nitrogens with zero attached hydrogens (tertiary/aromatic N) is 1. The lowest BCUT2D eigenvalue weighted by Crippen LogP contribution is -2.17. The second kappa shape index (κ2) is 9.46. The van der Waals surface area contributed by atoms with Gasteiger partial charge in [0.25, 0.3) is 0 Å². The zero-order valence-corrected chi connectivity index (χ0v) is 12.9. The lowest BCUT2D eigenvalue weighted by molar-refractivity contribution is 0.504. The monoisotopic (exact) mass is 294 g/mol. The van der Waals surface area contributed by atoms with Crippen LogP contribution in [0.15, 0.2) is 12.1 Å². The Morgan fingerprint density at radius 2 is 1.71 bits per heavy atom. The second-order valence-corrected chi connectivity index (χ2v) is 5.80. The van der Waals surface area contributed by atoms with Gasteiger partial charge in [0.05, 0.1) is 11.6 Å². The maximum Gasteiger partial charge on any atom is 0.131 e. The zero-order valence-electron chi connectivity index (χ0n) is 12.9. The number of rotatable bonds is 9. The van der Waals surface area contributed by atoms with Gasteiger partial charge in [-0.15, -0.1) is 0 Å². The average Bonchev–Trinajstić information content (AvgIpc) is 2.43. The summed E-state index contributed by atoms with van der Waals surface area (Å²) in [7, 11) is 0. The van der Waals surface area contributed by atoms with E-state index in [0.29, 0.717) is 0 Å². The molecular formula is C17H24F2N2. The Labute approximate surface area is 126 Å². The number of hydrogen-bond acceptors (Lipinski definition) is 2. The average molecular weight is 294 g/mol. The van der Waals surface area contributed by atoms with Crippen LogP contribution in [0.3, 0.4) is 0 Å². The standard InChI is InChI=1S/C17H24F2N2/c1-13(2)7-5-3-4-6-8-21-12-15-16(18)9-14(11-20)10-17(15)19/h9-10,13,21H,3-8,12H2,1-2H3. The SMILES string of the molecule is CC(C)CCCCCCNCc1c(F)cc(C#N)cc1F. The highest BCUT2D eigenvalue weighted by molar-refractivity contribution is 5.34. The van der Waals surface area contributed by atoms with Crippen LogP contribution in [0.2, 0.25) is 0 Å². The van der Waals surface area contributed by atoms with Gasteiger partial charge in [0, 0.05) is 12.1 Å². The molecule has 0 fully saturated rings. The molecular weight excluding hydrogens is 270 g/mol. The van der Waals surface area contributed by atoms with E-state index in [1.54, 1.807) is 6.07 Å². The van der Waals surface area contributed by atoms with Crippen LogP contribution in [-0.2, 0) is 6.54 Å². The van der Waals surface area contributed by atoms with E-state index in [1.165, 1.54) is 19.3 Å². The van der Waals surface area contributed by atoms with Crippen LogP contribution in [0.1, 0.15) is 57.1 Å². The maximum atomic E-state index is 13.6. The fraction of sp³-hybridized carbons (Fsp3) is 0.588. The molecule has 0 aliphatic carbocycles. The molecule has 0 bridgehead atoms. The summed E-state index contributed by atoms with van der Waals surface area (Å²) >= 11 is 0. The van der Waals surface area contributed by atoms with E-state index in [9.17, 15) is 8.78 Å². The third-order valence-corrected chi connectivity index (χ3v) is 3.46. The number of nitriles is 1. The topological polar surface area (TPSA) is 35.8 Å². The molecule has 1 rings (SSSR count). The van der Waals surface area contributed by atoms with Crippen LogP contribution in [-0.4, -0.2) is 6.54 Å². The number of unbranched alkanes of at least 4 members (excludes halogenated alkanes) is 3. The summed E-state index contributed by atoms with van der Waals surface area (Å²) in [4.78, 5) is 0. The Bertz CT molecular complexity index is 455. The number of benzene rings is 1. The van der Waals surface area contributed by atoms with Crippen LogP contribution in [0.4, 0.5) is 8.78 Å². The molecule has 0 saturated heterocycles. The van der Waals surface area contributed by atoms with Crippen molar-refractivity contribution in [1.82, 2.24) is 5.32 Å². The van der Waals surface area contributed by atoms with Crippen molar-refractivity contribution in [2.75, 3.05) is 6.54 Å². The first-order valence-electron chi connectivity index (χ1n) is 7.63. The largest absolute Gasteiger partial charge is 0.312 e. The molecule has 0 aliphatic heterocycles. The van der Waals surface area contributed by atoms with Gasteiger partial charge < -0.3 is 5.32 Å². The van der Waals surface area contributed by atoms with Gasteiger partial charge in [-0.2, -0.15) is 5.26 Å². The van der Waals surface area contributed by atoms with E-state index < -0.39 is 11.6 Å². The highest BCUT2D eigenvalue weighted by atomic mass is 19.1. The Balaban J connectivity index is 2.23. The molecule has 4 heteroatoms. The molecule has 0 atom stereocenters. The first kappa shape index (κ1) is 17.6. The van der Waals surface area contributed by atoms with E-state index in [0.717, 1.165) is 37.4 Å². The van der Waals surface area contributed by atoms with Crippen LogP contribution in [0, 0.1) is 28.9 Å². The van der Waals surface area contributed by atoms with Gasteiger partial charge in [0.1, 0.15) is 11.6 Å². The van der Waals surface area contributed by atoms with Crippen molar-refractivity contribution in [3.8, 4) is 6.07 Å². The molecule has 116 valence electrons. The van der Waals surface area contributed by atoms with Crippen molar-refractivity contribution in [2.24, 2.45) is 5.92 Å². The molecule has 0 saturated carbocycles. The molecule has 1 aromatic rings. The van der Waals surface area contributed by atoms with Crippen LogP contribution in [0.25, 0.3) is 0 Å². The van der Waals surface area contributed by atoms with Gasteiger partial charge in [-0.05, 0) is 31.0 Å². The van der Waals surface area contributed by atoms with Crippen molar-refractivity contribution in [1.29, 1.82) is 5.26 Å². The summed E-state index contributed by atoms with van der Waals surface area (Å²) < 4.78 is 27.2. The fourth-order valence-electron chi connectivity index (χ4n) is 2.21. The van der Waals surface area contributed by atoms with Gasteiger partial charge in [-0.1, -0.05) is 39.5 Å².